The monoisotopic (exact) mass is 615 g/mol. The molecule has 12 nitrogen and oxygen atoms in total. The number of nitrogens with zero attached hydrogens (tertiary/aromatic N) is 4. The molecule has 38 heavy (non-hydrogen) atoms. The zero-order valence-electron chi connectivity index (χ0n) is 20.9. The van der Waals surface area contributed by atoms with Crippen LogP contribution < -0.4 is 10.5 Å². The highest BCUT2D eigenvalue weighted by Gasteiger charge is 2.43. The molecule has 5 atom stereocenters. The molecule has 0 radical (unpaired) electrons. The summed E-state index contributed by atoms with van der Waals surface area (Å²) in [7, 11) is 0. The molecule has 1 saturated heterocycles. The molecule has 1 aliphatic heterocycles. The topological polar surface area (TPSA) is 178 Å². The fraction of sp³-hybridized carbons (Fsp3) is 0.625. The third kappa shape index (κ3) is 7.39. The van der Waals surface area contributed by atoms with Crippen LogP contribution in [0.4, 0.5) is 5.95 Å². The molecule has 0 unspecified atom stereocenters. The summed E-state index contributed by atoms with van der Waals surface area (Å²) in [6, 6.07) is 2.00. The van der Waals surface area contributed by atoms with Crippen LogP contribution >= 0.6 is 27.3 Å². The van der Waals surface area contributed by atoms with Crippen molar-refractivity contribution in [2.45, 2.75) is 82.4 Å². The third-order valence-corrected chi connectivity index (χ3v) is 8.02. The molecule has 1 fully saturated rings. The molecule has 0 amide bonds. The van der Waals surface area contributed by atoms with E-state index in [1.165, 1.54) is 0 Å². The minimum Gasteiger partial charge on any atom is -0.470 e. The molecule has 3 aromatic rings. The summed E-state index contributed by atoms with van der Waals surface area (Å²) in [6.45, 7) is 1.01. The number of aliphatic hydroxyl groups excluding tert-OH is 4. The standard InChI is InChI=1S/C24H34BrN5O7S/c25-14-9-15(38-12-14)11-36-22-17-21(28-24(26)29-22)30(13-27-17)7-5-3-1-2-4-6-8-35-23-20(34)19(33)18(32)16(10-31)37-23/h9,12-13,16,18-20,23,31-34H,1-8,10-11H2,(H2,26,28,29)/t16-,18+,19+,20-,23-/m0/s1. The summed E-state index contributed by atoms with van der Waals surface area (Å²) in [5.41, 5.74) is 7.18. The molecular weight excluding hydrogens is 582 g/mol. The minimum absolute atomic E-state index is 0.146. The van der Waals surface area contributed by atoms with Crippen LogP contribution in [0.15, 0.2) is 22.2 Å². The summed E-state index contributed by atoms with van der Waals surface area (Å²) >= 11 is 5.03. The van der Waals surface area contributed by atoms with Gasteiger partial charge in [0, 0.05) is 27.9 Å². The van der Waals surface area contributed by atoms with Gasteiger partial charge in [-0.1, -0.05) is 25.7 Å². The molecule has 1 aliphatic rings. The number of aromatic nitrogens is 4. The number of halogens is 1. The number of hydrogen-bond donors (Lipinski definition) is 5. The van der Waals surface area contributed by atoms with Gasteiger partial charge < -0.3 is 44.9 Å². The van der Waals surface area contributed by atoms with Crippen LogP contribution in [0.2, 0.25) is 0 Å². The van der Waals surface area contributed by atoms with E-state index >= 15 is 0 Å². The highest BCUT2D eigenvalue weighted by Crippen LogP contribution is 2.26. The van der Waals surface area contributed by atoms with Gasteiger partial charge in [-0.05, 0) is 34.8 Å². The Labute approximate surface area is 232 Å². The fourth-order valence-corrected chi connectivity index (χ4v) is 5.63. The van der Waals surface area contributed by atoms with Gasteiger partial charge in [0.2, 0.25) is 11.8 Å². The summed E-state index contributed by atoms with van der Waals surface area (Å²) in [6.07, 6.45) is 1.31. The lowest BCUT2D eigenvalue weighted by atomic mass is 9.99. The van der Waals surface area contributed by atoms with Gasteiger partial charge in [-0.3, -0.25) is 0 Å². The molecule has 0 aromatic carbocycles. The average molecular weight is 617 g/mol. The quantitative estimate of drug-likeness (QED) is 0.167. The fourth-order valence-electron chi connectivity index (χ4n) is 4.26. The number of aliphatic hydroxyl groups is 4. The van der Waals surface area contributed by atoms with Crippen LogP contribution in [-0.2, 0) is 22.6 Å². The number of nitrogen functional groups attached to an aromatic ring is 1. The number of fused-ring (bicyclic) bond motifs is 1. The Bertz CT molecular complexity index is 1160. The van der Waals surface area contributed by atoms with Crippen LogP contribution in [0.5, 0.6) is 5.88 Å². The van der Waals surface area contributed by atoms with E-state index in [2.05, 4.69) is 30.9 Å². The van der Waals surface area contributed by atoms with Crippen molar-refractivity contribution in [2.75, 3.05) is 18.9 Å². The van der Waals surface area contributed by atoms with Crippen molar-refractivity contribution < 1.29 is 34.6 Å². The number of nitrogens with two attached hydrogens (primary N) is 1. The van der Waals surface area contributed by atoms with Crippen molar-refractivity contribution in [1.82, 2.24) is 19.5 Å². The molecular formula is C24H34BrN5O7S. The van der Waals surface area contributed by atoms with Crippen molar-refractivity contribution in [3.05, 3.63) is 27.1 Å². The lowest BCUT2D eigenvalue weighted by molar-refractivity contribution is -0.301. The minimum atomic E-state index is -1.42. The maximum atomic E-state index is 10.00. The summed E-state index contributed by atoms with van der Waals surface area (Å²) in [5, 5.41) is 40.9. The first kappa shape index (κ1) is 29.1. The SMILES string of the molecule is Nc1nc(OCc2cc(Br)cs2)c2ncn(CCCCCCCCO[C@H]3O[C@@H](CO)[C@@H](O)[C@@H](O)[C@@H]3O)c2n1. The largest absolute Gasteiger partial charge is 0.470 e. The number of aryl methyl sites for hydroxylation is 1. The van der Waals surface area contributed by atoms with Gasteiger partial charge in [0.05, 0.1) is 12.9 Å². The Morgan fingerprint density at radius 3 is 2.55 bits per heavy atom. The lowest BCUT2D eigenvalue weighted by Gasteiger charge is -2.39. The summed E-state index contributed by atoms with van der Waals surface area (Å²) in [4.78, 5) is 14.1. The van der Waals surface area contributed by atoms with E-state index in [1.54, 1.807) is 17.7 Å². The second kappa shape index (κ2) is 13.9. The summed E-state index contributed by atoms with van der Waals surface area (Å²) < 4.78 is 19.7. The Balaban J connectivity index is 1.14. The summed E-state index contributed by atoms with van der Waals surface area (Å²) in [5.74, 6) is 0.522. The number of anilines is 1. The highest BCUT2D eigenvalue weighted by molar-refractivity contribution is 9.10. The molecule has 0 aliphatic carbocycles. The number of unbranched alkanes of at least 4 members (excludes halogenated alkanes) is 5. The van der Waals surface area contributed by atoms with Gasteiger partial charge in [-0.2, -0.15) is 9.97 Å². The molecule has 4 rings (SSSR count). The molecule has 0 saturated carbocycles. The van der Waals surface area contributed by atoms with Crippen molar-refractivity contribution in [1.29, 1.82) is 0 Å². The van der Waals surface area contributed by atoms with E-state index < -0.39 is 37.3 Å². The van der Waals surface area contributed by atoms with Crippen LogP contribution in [0, 0.1) is 0 Å². The van der Waals surface area contributed by atoms with Crippen LogP contribution in [0.1, 0.15) is 43.4 Å². The van der Waals surface area contributed by atoms with Crippen molar-refractivity contribution in [3.8, 4) is 5.88 Å². The average Bonchev–Trinajstić information content (AvgIpc) is 3.51. The zero-order valence-corrected chi connectivity index (χ0v) is 23.3. The number of thiophene rings is 1. The molecule has 3 aromatic heterocycles. The van der Waals surface area contributed by atoms with Gasteiger partial charge in [0.25, 0.3) is 0 Å². The van der Waals surface area contributed by atoms with Crippen molar-refractivity contribution in [2.24, 2.45) is 0 Å². The predicted molar refractivity (Wildman–Crippen MR) is 144 cm³/mol. The van der Waals surface area contributed by atoms with E-state index in [4.69, 9.17) is 19.9 Å². The van der Waals surface area contributed by atoms with Gasteiger partial charge >= 0.3 is 0 Å². The second-order valence-corrected chi connectivity index (χ2v) is 11.1. The third-order valence-electron chi connectivity index (χ3n) is 6.35. The molecule has 6 N–H and O–H groups in total. The van der Waals surface area contributed by atoms with Gasteiger partial charge in [-0.25, -0.2) is 4.98 Å². The Morgan fingerprint density at radius 1 is 1.05 bits per heavy atom. The van der Waals surface area contributed by atoms with E-state index in [1.807, 2.05) is 16.0 Å². The maximum absolute atomic E-state index is 10.00. The molecule has 14 heteroatoms. The lowest BCUT2D eigenvalue weighted by Crippen LogP contribution is -2.59. The number of imidazole rings is 1. The molecule has 0 spiro atoms. The van der Waals surface area contributed by atoms with E-state index in [-0.39, 0.29) is 5.95 Å². The number of ether oxygens (including phenoxy) is 3. The van der Waals surface area contributed by atoms with E-state index in [9.17, 15) is 20.4 Å². The van der Waals surface area contributed by atoms with Gasteiger partial charge in [0.15, 0.2) is 17.5 Å². The van der Waals surface area contributed by atoms with Crippen molar-refractivity contribution >= 4 is 44.4 Å². The first-order valence-electron chi connectivity index (χ1n) is 12.6. The Kier molecular flexibility index (Phi) is 10.7. The van der Waals surface area contributed by atoms with Crippen LogP contribution in [0.25, 0.3) is 11.2 Å². The van der Waals surface area contributed by atoms with E-state index in [0.29, 0.717) is 30.3 Å². The van der Waals surface area contributed by atoms with Gasteiger partial charge in [-0.15, -0.1) is 11.3 Å². The normalized spacial score (nSPS) is 23.8. The smallest absolute Gasteiger partial charge is 0.247 e. The molecule has 4 heterocycles. The molecule has 0 bridgehead atoms. The van der Waals surface area contributed by atoms with Crippen LogP contribution in [-0.4, -0.2) is 83.9 Å². The zero-order chi connectivity index (χ0) is 27.1. The predicted octanol–water partition coefficient (Wildman–Crippen LogP) is 1.97. The van der Waals surface area contributed by atoms with Crippen molar-refractivity contribution in [3.63, 3.8) is 0 Å². The Morgan fingerprint density at radius 2 is 1.82 bits per heavy atom. The maximum Gasteiger partial charge on any atom is 0.247 e. The number of hydrogen-bond acceptors (Lipinski definition) is 12. The first-order chi connectivity index (χ1) is 18.4. The molecule has 210 valence electrons. The number of rotatable bonds is 14. The van der Waals surface area contributed by atoms with Gasteiger partial charge in [0.1, 0.15) is 31.0 Å². The van der Waals surface area contributed by atoms with Crippen LogP contribution in [0.3, 0.4) is 0 Å². The Hall–Kier alpha value is -1.91. The first-order valence-corrected chi connectivity index (χ1v) is 14.3. The van der Waals surface area contributed by atoms with E-state index in [0.717, 1.165) is 54.4 Å². The highest BCUT2D eigenvalue weighted by atomic mass is 79.9. The second-order valence-electron chi connectivity index (χ2n) is 9.21.